The molecule has 8 heteroatoms. The van der Waals surface area contributed by atoms with Gasteiger partial charge >= 0.3 is 12.2 Å². The summed E-state index contributed by atoms with van der Waals surface area (Å²) in [4.78, 5) is 12.0. The van der Waals surface area contributed by atoms with Crippen LogP contribution in [0.3, 0.4) is 0 Å². The topological polar surface area (TPSA) is 59.6 Å². The number of halogens is 3. The van der Waals surface area contributed by atoms with Crippen molar-refractivity contribution in [2.24, 2.45) is 0 Å². The lowest BCUT2D eigenvalue weighted by atomic mass is 10.2. The van der Waals surface area contributed by atoms with Crippen molar-refractivity contribution >= 4 is 17.4 Å². The predicted molar refractivity (Wildman–Crippen MR) is 83.6 cm³/mol. The number of alkyl halides is 3. The Balaban J connectivity index is 2.08. The van der Waals surface area contributed by atoms with Crippen molar-refractivity contribution in [3.05, 3.63) is 48.0 Å². The Morgan fingerprint density at radius 3 is 2.17 bits per heavy atom. The second kappa shape index (κ2) is 7.12. The summed E-state index contributed by atoms with van der Waals surface area (Å²) in [6.45, 7) is 0. The third-order valence-corrected chi connectivity index (χ3v) is 3.12. The second-order valence-corrected chi connectivity index (χ2v) is 4.72. The third-order valence-electron chi connectivity index (χ3n) is 3.12. The van der Waals surface area contributed by atoms with Crippen LogP contribution in [-0.4, -0.2) is 20.3 Å². The van der Waals surface area contributed by atoms with Crippen LogP contribution in [0.2, 0.25) is 0 Å². The first-order valence-electron chi connectivity index (χ1n) is 6.81. The molecule has 0 aromatic heterocycles. The summed E-state index contributed by atoms with van der Waals surface area (Å²) in [5.74, 6) is 0.930. The van der Waals surface area contributed by atoms with E-state index in [4.69, 9.17) is 9.47 Å². The van der Waals surface area contributed by atoms with Gasteiger partial charge in [-0.15, -0.1) is 0 Å². The lowest BCUT2D eigenvalue weighted by molar-refractivity contribution is -0.137. The van der Waals surface area contributed by atoms with Crippen LogP contribution in [0.4, 0.5) is 29.3 Å². The van der Waals surface area contributed by atoms with E-state index in [2.05, 4.69) is 10.6 Å². The molecule has 0 aliphatic heterocycles. The first kappa shape index (κ1) is 17.5. The summed E-state index contributed by atoms with van der Waals surface area (Å²) >= 11 is 0. The Labute approximate surface area is 136 Å². The first-order chi connectivity index (χ1) is 11.3. The molecule has 0 saturated carbocycles. The SMILES string of the molecule is COc1ccc(OC)c(NC(=O)Nc2ccc(C(F)(F)F)cc2)c1. The summed E-state index contributed by atoms with van der Waals surface area (Å²) in [6, 6.07) is 8.34. The number of ether oxygens (including phenoxy) is 2. The predicted octanol–water partition coefficient (Wildman–Crippen LogP) is 4.37. The summed E-state index contributed by atoms with van der Waals surface area (Å²) < 4.78 is 47.7. The molecule has 0 fully saturated rings. The van der Waals surface area contributed by atoms with E-state index < -0.39 is 17.8 Å². The number of urea groups is 1. The molecular formula is C16H15F3N2O3. The van der Waals surface area contributed by atoms with Crippen molar-refractivity contribution in [2.45, 2.75) is 6.18 Å². The third kappa shape index (κ3) is 4.31. The maximum absolute atomic E-state index is 12.5. The zero-order valence-electron chi connectivity index (χ0n) is 12.9. The van der Waals surface area contributed by atoms with Gasteiger partial charge in [-0.05, 0) is 36.4 Å². The molecule has 0 spiro atoms. The highest BCUT2D eigenvalue weighted by molar-refractivity contribution is 6.00. The Morgan fingerprint density at radius 2 is 1.62 bits per heavy atom. The Bertz CT molecular complexity index is 715. The minimum atomic E-state index is -4.42. The molecule has 2 rings (SSSR count). The van der Waals surface area contributed by atoms with Gasteiger partial charge in [-0.1, -0.05) is 0 Å². The smallest absolute Gasteiger partial charge is 0.416 e. The van der Waals surface area contributed by atoms with Gasteiger partial charge in [0, 0.05) is 11.8 Å². The van der Waals surface area contributed by atoms with Gasteiger partial charge in [-0.3, -0.25) is 0 Å². The van der Waals surface area contributed by atoms with Gasteiger partial charge in [0.2, 0.25) is 0 Å². The molecular weight excluding hydrogens is 325 g/mol. The summed E-state index contributed by atoms with van der Waals surface area (Å²) in [5.41, 5.74) is -0.202. The van der Waals surface area contributed by atoms with Gasteiger partial charge < -0.3 is 20.1 Å². The fourth-order valence-electron chi connectivity index (χ4n) is 1.94. The minimum absolute atomic E-state index is 0.224. The summed E-state index contributed by atoms with van der Waals surface area (Å²) in [5, 5.41) is 5.00. The quantitative estimate of drug-likeness (QED) is 0.869. The number of hydrogen-bond donors (Lipinski definition) is 2. The van der Waals surface area contributed by atoms with Gasteiger partial charge in [0.15, 0.2) is 0 Å². The molecule has 2 N–H and O–H groups in total. The number of rotatable bonds is 4. The minimum Gasteiger partial charge on any atom is -0.497 e. The molecule has 0 unspecified atom stereocenters. The molecule has 24 heavy (non-hydrogen) atoms. The summed E-state index contributed by atoms with van der Waals surface area (Å²) in [6.07, 6.45) is -4.42. The molecule has 0 heterocycles. The fraction of sp³-hybridized carbons (Fsp3) is 0.188. The molecule has 128 valence electrons. The van der Waals surface area contributed by atoms with Gasteiger partial charge in [0.1, 0.15) is 11.5 Å². The molecule has 2 aromatic rings. The van der Waals surface area contributed by atoms with Gasteiger partial charge in [0.05, 0.1) is 25.5 Å². The van der Waals surface area contributed by atoms with Crippen molar-refractivity contribution in [1.82, 2.24) is 0 Å². The number of methoxy groups -OCH3 is 2. The van der Waals surface area contributed by atoms with E-state index in [9.17, 15) is 18.0 Å². The van der Waals surface area contributed by atoms with Gasteiger partial charge in [0.25, 0.3) is 0 Å². The lowest BCUT2D eigenvalue weighted by Gasteiger charge is -2.13. The van der Waals surface area contributed by atoms with Crippen LogP contribution in [-0.2, 0) is 6.18 Å². The number of benzene rings is 2. The molecule has 0 bridgehead atoms. The molecule has 2 amide bonds. The normalized spacial score (nSPS) is 10.9. The molecule has 0 aliphatic rings. The maximum Gasteiger partial charge on any atom is 0.416 e. The van der Waals surface area contributed by atoms with Crippen molar-refractivity contribution in [2.75, 3.05) is 24.9 Å². The second-order valence-electron chi connectivity index (χ2n) is 4.72. The standard InChI is InChI=1S/C16H15F3N2O3/c1-23-12-7-8-14(24-2)13(9-12)21-15(22)20-11-5-3-10(4-6-11)16(17,18)19/h3-9H,1-2H3,(H2,20,21,22). The van der Waals surface area contributed by atoms with E-state index in [1.165, 1.54) is 26.4 Å². The van der Waals surface area contributed by atoms with E-state index in [-0.39, 0.29) is 5.69 Å². The van der Waals surface area contributed by atoms with Crippen molar-refractivity contribution in [3.8, 4) is 11.5 Å². The number of carbonyl (C=O) groups is 1. The van der Waals surface area contributed by atoms with Crippen LogP contribution in [0.15, 0.2) is 42.5 Å². The number of hydrogen-bond acceptors (Lipinski definition) is 3. The maximum atomic E-state index is 12.5. The molecule has 0 aliphatic carbocycles. The zero-order chi connectivity index (χ0) is 17.7. The summed E-state index contributed by atoms with van der Waals surface area (Å²) in [7, 11) is 2.93. The van der Waals surface area contributed by atoms with E-state index >= 15 is 0 Å². The van der Waals surface area contributed by atoms with Crippen LogP contribution in [0, 0.1) is 0 Å². The Hall–Kier alpha value is -2.90. The molecule has 0 saturated heterocycles. The van der Waals surface area contributed by atoms with Crippen LogP contribution < -0.4 is 20.1 Å². The molecule has 0 radical (unpaired) electrons. The van der Waals surface area contributed by atoms with Gasteiger partial charge in [-0.25, -0.2) is 4.79 Å². The molecule has 5 nitrogen and oxygen atoms in total. The Kier molecular flexibility index (Phi) is 5.18. The van der Waals surface area contributed by atoms with E-state index in [0.29, 0.717) is 17.2 Å². The van der Waals surface area contributed by atoms with E-state index in [1.807, 2.05) is 0 Å². The number of anilines is 2. The lowest BCUT2D eigenvalue weighted by Crippen LogP contribution is -2.20. The first-order valence-corrected chi connectivity index (χ1v) is 6.81. The van der Waals surface area contributed by atoms with E-state index in [0.717, 1.165) is 12.1 Å². The molecule has 2 aromatic carbocycles. The van der Waals surface area contributed by atoms with Gasteiger partial charge in [-0.2, -0.15) is 13.2 Å². The Morgan fingerprint density at radius 1 is 0.958 bits per heavy atom. The average molecular weight is 340 g/mol. The van der Waals surface area contributed by atoms with Crippen molar-refractivity contribution in [3.63, 3.8) is 0 Å². The number of carbonyl (C=O) groups excluding carboxylic acids is 1. The van der Waals surface area contributed by atoms with Crippen molar-refractivity contribution in [1.29, 1.82) is 0 Å². The van der Waals surface area contributed by atoms with Crippen LogP contribution in [0.5, 0.6) is 11.5 Å². The largest absolute Gasteiger partial charge is 0.497 e. The highest BCUT2D eigenvalue weighted by Gasteiger charge is 2.29. The van der Waals surface area contributed by atoms with Crippen LogP contribution >= 0.6 is 0 Å². The fourth-order valence-corrected chi connectivity index (χ4v) is 1.94. The monoisotopic (exact) mass is 340 g/mol. The number of amides is 2. The average Bonchev–Trinajstić information content (AvgIpc) is 2.54. The number of nitrogens with one attached hydrogen (secondary N) is 2. The van der Waals surface area contributed by atoms with Crippen LogP contribution in [0.1, 0.15) is 5.56 Å². The zero-order valence-corrected chi connectivity index (χ0v) is 12.9. The van der Waals surface area contributed by atoms with E-state index in [1.54, 1.807) is 18.2 Å². The highest BCUT2D eigenvalue weighted by atomic mass is 19.4. The highest BCUT2D eigenvalue weighted by Crippen LogP contribution is 2.30. The van der Waals surface area contributed by atoms with Crippen LogP contribution in [0.25, 0.3) is 0 Å². The molecule has 0 atom stereocenters. The van der Waals surface area contributed by atoms with Crippen molar-refractivity contribution < 1.29 is 27.4 Å².